The second-order valence-electron chi connectivity index (χ2n) is 5.82. The number of carbonyl (C=O) groups excluding carboxylic acids is 1. The van der Waals surface area contributed by atoms with Crippen LogP contribution in [0.15, 0.2) is 54.6 Å². The molecule has 2 aromatic carbocycles. The number of nitrogens with zero attached hydrogens (tertiary/aromatic N) is 1. The molecule has 0 bridgehead atoms. The van der Waals surface area contributed by atoms with Gasteiger partial charge in [-0.1, -0.05) is 30.3 Å². The lowest BCUT2D eigenvalue weighted by Crippen LogP contribution is -2.50. The van der Waals surface area contributed by atoms with E-state index >= 15 is 0 Å². The highest BCUT2D eigenvalue weighted by molar-refractivity contribution is 5.85. The Morgan fingerprint density at radius 2 is 1.71 bits per heavy atom. The van der Waals surface area contributed by atoms with Crippen LogP contribution in [-0.2, 0) is 11.3 Å². The Balaban J connectivity index is 0.00000208. The molecule has 1 heterocycles. The van der Waals surface area contributed by atoms with Gasteiger partial charge in [-0.05, 0) is 36.8 Å². The van der Waals surface area contributed by atoms with E-state index in [4.69, 9.17) is 0 Å². The van der Waals surface area contributed by atoms with E-state index in [1.54, 1.807) is 0 Å². The number of halogens is 1. The Morgan fingerprint density at radius 3 is 2.25 bits per heavy atom. The minimum Gasteiger partial charge on any atom is -0.352 e. The fourth-order valence-corrected chi connectivity index (χ4v) is 2.72. The first kappa shape index (κ1) is 18.3. The Kier molecular flexibility index (Phi) is 6.64. The highest BCUT2D eigenvalue weighted by Gasteiger charge is 2.24. The topological polar surface area (TPSA) is 44.4 Å². The van der Waals surface area contributed by atoms with Crippen molar-refractivity contribution in [2.24, 2.45) is 5.92 Å². The van der Waals surface area contributed by atoms with Crippen LogP contribution < -0.4 is 15.5 Å². The Morgan fingerprint density at radius 1 is 1.08 bits per heavy atom. The molecule has 3 rings (SSSR count). The Bertz CT molecular complexity index is 641. The first-order valence-electron chi connectivity index (χ1n) is 8.18. The fraction of sp³-hybridized carbons (Fsp3) is 0.316. The van der Waals surface area contributed by atoms with Crippen molar-refractivity contribution in [2.75, 3.05) is 24.5 Å². The number of carbonyl (C=O) groups is 1. The number of benzene rings is 2. The average molecular weight is 346 g/mol. The first-order valence-corrected chi connectivity index (χ1v) is 8.18. The van der Waals surface area contributed by atoms with Gasteiger partial charge >= 0.3 is 0 Å². The molecule has 0 aromatic heterocycles. The van der Waals surface area contributed by atoms with Gasteiger partial charge < -0.3 is 15.5 Å². The summed E-state index contributed by atoms with van der Waals surface area (Å²) in [5, 5.41) is 6.12. The van der Waals surface area contributed by atoms with Crippen molar-refractivity contribution < 1.29 is 4.79 Å². The number of amides is 1. The van der Waals surface area contributed by atoms with Crippen LogP contribution in [0.4, 0.5) is 11.4 Å². The minimum absolute atomic E-state index is 0. The van der Waals surface area contributed by atoms with Gasteiger partial charge in [0.1, 0.15) is 0 Å². The van der Waals surface area contributed by atoms with Gasteiger partial charge in [0.15, 0.2) is 0 Å². The van der Waals surface area contributed by atoms with Crippen molar-refractivity contribution in [1.29, 1.82) is 0 Å². The molecule has 1 saturated heterocycles. The third-order valence-corrected chi connectivity index (χ3v) is 4.25. The van der Waals surface area contributed by atoms with E-state index in [0.717, 1.165) is 30.9 Å². The van der Waals surface area contributed by atoms with Crippen LogP contribution in [0.25, 0.3) is 0 Å². The molecule has 0 unspecified atom stereocenters. The average Bonchev–Trinajstić information content (AvgIpc) is 2.54. The van der Waals surface area contributed by atoms with Gasteiger partial charge in [0.25, 0.3) is 0 Å². The summed E-state index contributed by atoms with van der Waals surface area (Å²) in [5.41, 5.74) is 3.48. The second kappa shape index (κ2) is 8.71. The highest BCUT2D eigenvalue weighted by atomic mass is 35.5. The second-order valence-corrected chi connectivity index (χ2v) is 5.82. The molecule has 2 N–H and O–H groups in total. The predicted molar refractivity (Wildman–Crippen MR) is 101 cm³/mol. The number of anilines is 2. The molecule has 4 nitrogen and oxygen atoms in total. The predicted octanol–water partition coefficient (Wildman–Crippen LogP) is 3.10. The molecule has 0 spiro atoms. The van der Waals surface area contributed by atoms with E-state index in [2.05, 4.69) is 71.0 Å². The molecular formula is C19H24ClN3O. The number of rotatable bonds is 6. The minimum atomic E-state index is 0. The molecule has 0 radical (unpaired) electrons. The van der Waals surface area contributed by atoms with Crippen molar-refractivity contribution in [3.63, 3.8) is 0 Å². The lowest BCUT2D eigenvalue weighted by atomic mass is 10.0. The zero-order valence-corrected chi connectivity index (χ0v) is 14.7. The SMILES string of the molecule is CCN(c1ccccc1)c1ccc(CNC(=O)C2CNC2)cc1.Cl. The smallest absolute Gasteiger partial charge is 0.225 e. The van der Waals surface area contributed by atoms with Crippen molar-refractivity contribution >= 4 is 29.7 Å². The number of nitrogens with one attached hydrogen (secondary N) is 2. The molecule has 128 valence electrons. The number of hydrogen-bond donors (Lipinski definition) is 2. The summed E-state index contributed by atoms with van der Waals surface area (Å²) in [7, 11) is 0. The van der Waals surface area contributed by atoms with E-state index in [1.165, 1.54) is 5.69 Å². The molecule has 1 fully saturated rings. The van der Waals surface area contributed by atoms with E-state index in [9.17, 15) is 4.79 Å². The molecule has 0 aliphatic carbocycles. The van der Waals surface area contributed by atoms with E-state index in [1.807, 2.05) is 6.07 Å². The van der Waals surface area contributed by atoms with E-state index in [0.29, 0.717) is 6.54 Å². The third kappa shape index (κ3) is 4.28. The zero-order valence-electron chi connectivity index (χ0n) is 13.9. The maximum absolute atomic E-state index is 11.8. The Labute approximate surface area is 149 Å². The maximum atomic E-state index is 11.8. The first-order chi connectivity index (χ1) is 11.3. The normalized spacial score (nSPS) is 13.5. The largest absolute Gasteiger partial charge is 0.352 e. The zero-order chi connectivity index (χ0) is 16.1. The summed E-state index contributed by atoms with van der Waals surface area (Å²) in [6.07, 6.45) is 0. The van der Waals surface area contributed by atoms with Crippen molar-refractivity contribution in [3.8, 4) is 0 Å². The van der Waals surface area contributed by atoms with Crippen LogP contribution in [0, 0.1) is 5.92 Å². The van der Waals surface area contributed by atoms with Gasteiger partial charge in [0.2, 0.25) is 5.91 Å². The van der Waals surface area contributed by atoms with Crippen molar-refractivity contribution in [1.82, 2.24) is 10.6 Å². The van der Waals surface area contributed by atoms with Crippen LogP contribution in [-0.4, -0.2) is 25.5 Å². The van der Waals surface area contributed by atoms with Gasteiger partial charge in [-0.2, -0.15) is 0 Å². The van der Waals surface area contributed by atoms with Gasteiger partial charge in [-0.25, -0.2) is 0 Å². The van der Waals surface area contributed by atoms with Gasteiger partial charge in [-0.15, -0.1) is 12.4 Å². The molecule has 0 saturated carbocycles. The summed E-state index contributed by atoms with van der Waals surface area (Å²) in [4.78, 5) is 14.1. The van der Waals surface area contributed by atoms with Gasteiger partial charge in [0.05, 0.1) is 5.92 Å². The number of hydrogen-bond acceptors (Lipinski definition) is 3. The maximum Gasteiger partial charge on any atom is 0.225 e. The fourth-order valence-electron chi connectivity index (χ4n) is 2.72. The molecule has 0 atom stereocenters. The molecule has 2 aromatic rings. The monoisotopic (exact) mass is 345 g/mol. The van der Waals surface area contributed by atoms with Crippen molar-refractivity contribution in [3.05, 3.63) is 60.2 Å². The summed E-state index contributed by atoms with van der Waals surface area (Å²) in [5.74, 6) is 0.287. The summed E-state index contributed by atoms with van der Waals surface area (Å²) < 4.78 is 0. The molecule has 24 heavy (non-hydrogen) atoms. The van der Waals surface area contributed by atoms with Crippen LogP contribution >= 0.6 is 12.4 Å². The lowest BCUT2D eigenvalue weighted by Gasteiger charge is -2.26. The molecule has 1 amide bonds. The third-order valence-electron chi connectivity index (χ3n) is 4.25. The lowest BCUT2D eigenvalue weighted by molar-refractivity contribution is -0.126. The van der Waals surface area contributed by atoms with Crippen LogP contribution in [0.5, 0.6) is 0 Å². The Hall–Kier alpha value is -2.04. The van der Waals surface area contributed by atoms with Crippen LogP contribution in [0.3, 0.4) is 0 Å². The van der Waals surface area contributed by atoms with E-state index < -0.39 is 0 Å². The standard InChI is InChI=1S/C19H23N3O.ClH/c1-2-22(17-6-4-3-5-7-17)18-10-8-15(9-11-18)12-21-19(23)16-13-20-14-16;/h3-11,16,20H,2,12-14H2,1H3,(H,21,23);1H. The highest BCUT2D eigenvalue weighted by Crippen LogP contribution is 2.24. The van der Waals surface area contributed by atoms with Crippen LogP contribution in [0.2, 0.25) is 0 Å². The number of para-hydroxylation sites is 1. The molecule has 1 aliphatic heterocycles. The van der Waals surface area contributed by atoms with Crippen molar-refractivity contribution in [2.45, 2.75) is 13.5 Å². The summed E-state index contributed by atoms with van der Waals surface area (Å²) >= 11 is 0. The summed E-state index contributed by atoms with van der Waals surface area (Å²) in [6, 6.07) is 18.8. The van der Waals surface area contributed by atoms with Crippen LogP contribution in [0.1, 0.15) is 12.5 Å². The van der Waals surface area contributed by atoms with Gasteiger partial charge in [-0.3, -0.25) is 4.79 Å². The summed E-state index contributed by atoms with van der Waals surface area (Å²) in [6.45, 7) is 5.25. The molecule has 1 aliphatic rings. The molecule has 5 heteroatoms. The quantitative estimate of drug-likeness (QED) is 0.845. The van der Waals surface area contributed by atoms with E-state index in [-0.39, 0.29) is 24.2 Å². The van der Waals surface area contributed by atoms with Gasteiger partial charge in [0, 0.05) is 37.6 Å². The molecular weight excluding hydrogens is 322 g/mol.